The van der Waals surface area contributed by atoms with Gasteiger partial charge >= 0.3 is 6.18 Å². The quantitative estimate of drug-likeness (QED) is 0.845. The second-order valence-electron chi connectivity index (χ2n) is 5.26. The second-order valence-corrected chi connectivity index (χ2v) is 5.26. The van der Waals surface area contributed by atoms with E-state index in [9.17, 15) is 18.0 Å². The molecule has 1 unspecified atom stereocenters. The summed E-state index contributed by atoms with van der Waals surface area (Å²) in [5, 5.41) is 0. The molecule has 0 radical (unpaired) electrons. The van der Waals surface area contributed by atoms with Crippen molar-refractivity contribution >= 4 is 5.91 Å². The van der Waals surface area contributed by atoms with Gasteiger partial charge in [0.2, 0.25) is 0 Å². The van der Waals surface area contributed by atoms with Gasteiger partial charge < -0.3 is 9.64 Å². The number of carbonyl (C=O) groups excluding carboxylic acids is 1. The molecule has 0 N–H and O–H groups in total. The van der Waals surface area contributed by atoms with E-state index in [0.29, 0.717) is 11.4 Å². The summed E-state index contributed by atoms with van der Waals surface area (Å²) in [6, 6.07) is 8.27. The van der Waals surface area contributed by atoms with Gasteiger partial charge in [-0.25, -0.2) is 9.97 Å². The highest BCUT2D eigenvalue weighted by Crippen LogP contribution is 2.28. The van der Waals surface area contributed by atoms with Crippen LogP contribution in [0.5, 0.6) is 0 Å². The first-order chi connectivity index (χ1) is 11.5. The predicted molar refractivity (Wildman–Crippen MR) is 79.2 cm³/mol. The van der Waals surface area contributed by atoms with Crippen LogP contribution in [0.25, 0.3) is 11.4 Å². The molecular weight excluding hydrogens is 323 g/mol. The molecule has 24 heavy (non-hydrogen) atoms. The largest absolute Gasteiger partial charge is 0.411 e. The molecule has 1 aromatic carbocycles. The Morgan fingerprint density at radius 3 is 2.67 bits per heavy atom. The molecule has 126 valence electrons. The topological polar surface area (TPSA) is 55.3 Å². The van der Waals surface area contributed by atoms with E-state index >= 15 is 0 Å². The lowest BCUT2D eigenvalue weighted by Crippen LogP contribution is -2.55. The van der Waals surface area contributed by atoms with Gasteiger partial charge in [0.1, 0.15) is 5.69 Å². The maximum atomic E-state index is 13.1. The minimum atomic E-state index is -4.55. The molecule has 1 amide bonds. The Kier molecular flexibility index (Phi) is 4.48. The Balaban J connectivity index is 1.89. The number of amides is 1. The number of carbonyl (C=O) groups is 1. The van der Waals surface area contributed by atoms with E-state index in [1.54, 1.807) is 24.3 Å². The molecule has 1 aliphatic rings. The third kappa shape index (κ3) is 3.38. The van der Waals surface area contributed by atoms with Crippen LogP contribution in [0.15, 0.2) is 42.6 Å². The summed E-state index contributed by atoms with van der Waals surface area (Å²) in [5.41, 5.74) is 0.613. The summed E-state index contributed by atoms with van der Waals surface area (Å²) in [6.45, 7) is -0.630. The molecule has 1 atom stereocenters. The Morgan fingerprint density at radius 1 is 1.21 bits per heavy atom. The zero-order valence-electron chi connectivity index (χ0n) is 12.5. The van der Waals surface area contributed by atoms with Gasteiger partial charge in [-0.1, -0.05) is 30.3 Å². The highest BCUT2D eigenvalue weighted by molar-refractivity contribution is 5.93. The molecule has 5 nitrogen and oxygen atoms in total. The molecule has 0 saturated carbocycles. The van der Waals surface area contributed by atoms with Gasteiger partial charge in [-0.2, -0.15) is 13.2 Å². The first kappa shape index (κ1) is 16.4. The summed E-state index contributed by atoms with van der Waals surface area (Å²) >= 11 is 0. The number of aromatic nitrogens is 2. The monoisotopic (exact) mass is 337 g/mol. The number of morpholine rings is 1. The van der Waals surface area contributed by atoms with Gasteiger partial charge in [0, 0.05) is 18.3 Å². The Morgan fingerprint density at radius 2 is 1.96 bits per heavy atom. The first-order valence-corrected chi connectivity index (χ1v) is 7.31. The molecule has 2 heterocycles. The molecule has 0 aliphatic carbocycles. The van der Waals surface area contributed by atoms with Gasteiger partial charge in [0.05, 0.1) is 13.2 Å². The van der Waals surface area contributed by atoms with Crippen LogP contribution >= 0.6 is 0 Å². The minimum absolute atomic E-state index is 0.0644. The lowest BCUT2D eigenvalue weighted by Gasteiger charge is -2.36. The van der Waals surface area contributed by atoms with Crippen molar-refractivity contribution in [2.45, 2.75) is 12.2 Å². The fraction of sp³-hybridized carbons (Fsp3) is 0.312. The van der Waals surface area contributed by atoms with Crippen LogP contribution in [0.1, 0.15) is 10.5 Å². The van der Waals surface area contributed by atoms with Crippen LogP contribution in [0, 0.1) is 0 Å². The molecule has 1 saturated heterocycles. The number of hydrogen-bond acceptors (Lipinski definition) is 4. The molecular formula is C16H14F3N3O2. The lowest BCUT2D eigenvalue weighted by molar-refractivity contribution is -0.202. The third-order valence-corrected chi connectivity index (χ3v) is 3.67. The number of ether oxygens (including phenoxy) is 1. The minimum Gasteiger partial charge on any atom is -0.377 e. The van der Waals surface area contributed by atoms with E-state index in [-0.39, 0.29) is 18.8 Å². The van der Waals surface area contributed by atoms with E-state index in [0.717, 1.165) is 4.90 Å². The number of rotatable bonds is 2. The summed E-state index contributed by atoms with van der Waals surface area (Å²) in [5.74, 6) is -0.488. The van der Waals surface area contributed by atoms with Crippen molar-refractivity contribution in [3.63, 3.8) is 0 Å². The molecule has 0 bridgehead atoms. The molecule has 2 aromatic rings. The first-order valence-electron chi connectivity index (χ1n) is 7.31. The third-order valence-electron chi connectivity index (χ3n) is 3.67. The van der Waals surface area contributed by atoms with E-state index in [4.69, 9.17) is 4.74 Å². The van der Waals surface area contributed by atoms with Crippen LogP contribution in [0.2, 0.25) is 0 Å². The van der Waals surface area contributed by atoms with Gasteiger partial charge in [-0.05, 0) is 6.07 Å². The fourth-order valence-corrected chi connectivity index (χ4v) is 2.47. The summed E-state index contributed by atoms with van der Waals surface area (Å²) in [6.07, 6.45) is -3.18. The number of alkyl halides is 3. The average Bonchev–Trinajstić information content (AvgIpc) is 2.61. The van der Waals surface area contributed by atoms with Crippen LogP contribution in [0.3, 0.4) is 0 Å². The van der Waals surface area contributed by atoms with Gasteiger partial charge in [0.15, 0.2) is 11.9 Å². The lowest BCUT2D eigenvalue weighted by atomic mass is 10.2. The van der Waals surface area contributed by atoms with Crippen molar-refractivity contribution in [1.29, 1.82) is 0 Å². The fourth-order valence-electron chi connectivity index (χ4n) is 2.47. The highest BCUT2D eigenvalue weighted by atomic mass is 19.4. The Labute approximate surface area is 136 Å². The summed E-state index contributed by atoms with van der Waals surface area (Å²) in [7, 11) is 0. The highest BCUT2D eigenvalue weighted by Gasteiger charge is 2.47. The summed E-state index contributed by atoms with van der Waals surface area (Å²) < 4.78 is 44.2. The van der Waals surface area contributed by atoms with Crippen LogP contribution in [-0.4, -0.2) is 52.8 Å². The number of benzene rings is 1. The zero-order chi connectivity index (χ0) is 17.2. The number of hydrogen-bond donors (Lipinski definition) is 0. The van der Waals surface area contributed by atoms with Gasteiger partial charge in [0.25, 0.3) is 5.91 Å². The maximum absolute atomic E-state index is 13.1. The normalized spacial score (nSPS) is 18.5. The van der Waals surface area contributed by atoms with E-state index in [1.165, 1.54) is 12.3 Å². The van der Waals surface area contributed by atoms with Crippen molar-refractivity contribution in [3.05, 3.63) is 48.3 Å². The predicted octanol–water partition coefficient (Wildman–Crippen LogP) is 2.55. The van der Waals surface area contributed by atoms with Crippen molar-refractivity contribution in [2.75, 3.05) is 19.8 Å². The summed E-state index contributed by atoms with van der Waals surface area (Å²) in [4.78, 5) is 21.5. The van der Waals surface area contributed by atoms with Crippen LogP contribution < -0.4 is 0 Å². The van der Waals surface area contributed by atoms with Crippen molar-refractivity contribution in [2.24, 2.45) is 0 Å². The average molecular weight is 337 g/mol. The zero-order valence-corrected chi connectivity index (χ0v) is 12.5. The Bertz CT molecular complexity index is 722. The standard InChI is InChI=1S/C16H14F3N3O2/c17-16(18,19)13-10-24-9-8-22(13)15(23)12-6-7-20-14(21-12)11-4-2-1-3-5-11/h1-7,13H,8-10H2. The number of nitrogens with zero attached hydrogens (tertiary/aromatic N) is 3. The Hall–Kier alpha value is -2.48. The smallest absolute Gasteiger partial charge is 0.377 e. The van der Waals surface area contributed by atoms with Crippen molar-refractivity contribution < 1.29 is 22.7 Å². The van der Waals surface area contributed by atoms with E-state index < -0.39 is 24.7 Å². The second kappa shape index (κ2) is 6.56. The molecule has 0 spiro atoms. The van der Waals surface area contributed by atoms with E-state index in [2.05, 4.69) is 9.97 Å². The maximum Gasteiger partial charge on any atom is 0.411 e. The van der Waals surface area contributed by atoms with Crippen molar-refractivity contribution in [3.8, 4) is 11.4 Å². The van der Waals surface area contributed by atoms with Gasteiger partial charge in [-0.15, -0.1) is 0 Å². The van der Waals surface area contributed by atoms with Crippen LogP contribution in [-0.2, 0) is 4.74 Å². The molecule has 3 rings (SSSR count). The number of halogens is 3. The molecule has 1 aliphatic heterocycles. The molecule has 1 aromatic heterocycles. The van der Waals surface area contributed by atoms with Crippen molar-refractivity contribution in [1.82, 2.24) is 14.9 Å². The van der Waals surface area contributed by atoms with Crippen LogP contribution in [0.4, 0.5) is 13.2 Å². The van der Waals surface area contributed by atoms with E-state index in [1.807, 2.05) is 6.07 Å². The SMILES string of the molecule is O=C(c1ccnc(-c2ccccc2)n1)N1CCOCC1C(F)(F)F. The molecule has 8 heteroatoms. The molecule has 1 fully saturated rings. The van der Waals surface area contributed by atoms with Gasteiger partial charge in [-0.3, -0.25) is 4.79 Å².